The number of hydrogen-bond donors (Lipinski definition) is 2. The Bertz CT molecular complexity index is 1010. The summed E-state index contributed by atoms with van der Waals surface area (Å²) in [6.07, 6.45) is 12.7. The van der Waals surface area contributed by atoms with E-state index in [4.69, 9.17) is 10.8 Å². The van der Waals surface area contributed by atoms with Gasteiger partial charge in [-0.1, -0.05) is 5.92 Å². The molecule has 27 heavy (non-hydrogen) atoms. The van der Waals surface area contributed by atoms with Crippen LogP contribution in [0.2, 0.25) is 0 Å². The van der Waals surface area contributed by atoms with Crippen molar-refractivity contribution >= 4 is 22.6 Å². The highest BCUT2D eigenvalue weighted by Crippen LogP contribution is 2.34. The lowest BCUT2D eigenvalue weighted by molar-refractivity contribution is -0.131. The molecule has 1 atom stereocenters. The number of pyridine rings is 1. The number of aromatic amines is 1. The summed E-state index contributed by atoms with van der Waals surface area (Å²) in [4.78, 5) is 26.0. The van der Waals surface area contributed by atoms with Crippen molar-refractivity contribution in [3.63, 3.8) is 0 Å². The molecule has 4 rings (SSSR count). The molecular formula is C20H21N5O2. The number of oxazole rings is 1. The number of carbonyl (C=O) groups is 1. The van der Waals surface area contributed by atoms with Gasteiger partial charge in [0, 0.05) is 36.9 Å². The maximum atomic E-state index is 12.2. The van der Waals surface area contributed by atoms with Crippen molar-refractivity contribution in [2.24, 2.45) is 0 Å². The minimum atomic E-state index is 0.00840. The lowest BCUT2D eigenvalue weighted by Crippen LogP contribution is -2.45. The molecule has 138 valence electrons. The number of H-pyrrole nitrogens is 1. The summed E-state index contributed by atoms with van der Waals surface area (Å²) in [5.41, 5.74) is 2.52. The summed E-state index contributed by atoms with van der Waals surface area (Å²) in [5, 5.41) is 4.58. The van der Waals surface area contributed by atoms with Gasteiger partial charge in [-0.2, -0.15) is 0 Å². The summed E-state index contributed by atoms with van der Waals surface area (Å²) in [6, 6.07) is 2.10. The fraction of sp³-hybridized carbons (Fsp3) is 0.350. The molecule has 2 N–H and O–H groups in total. The SMILES string of the molecule is C#CCC(=O)N1CCC[C@@H](Nc2c(-c3ncc(C)o3)cnc3[nH]ccc23)C1. The minimum Gasteiger partial charge on any atom is -0.441 e. The van der Waals surface area contributed by atoms with Crippen LogP contribution in [0.15, 0.2) is 29.1 Å². The summed E-state index contributed by atoms with van der Waals surface area (Å²) in [5.74, 6) is 3.72. The molecule has 4 heterocycles. The van der Waals surface area contributed by atoms with Gasteiger partial charge in [0.2, 0.25) is 11.8 Å². The monoisotopic (exact) mass is 363 g/mol. The molecule has 3 aromatic rings. The molecule has 0 saturated carbocycles. The van der Waals surface area contributed by atoms with Crippen LogP contribution in [-0.4, -0.2) is 44.9 Å². The molecule has 7 nitrogen and oxygen atoms in total. The quantitative estimate of drug-likeness (QED) is 0.696. The van der Waals surface area contributed by atoms with Crippen LogP contribution in [-0.2, 0) is 4.79 Å². The molecular weight excluding hydrogens is 342 g/mol. The second kappa shape index (κ2) is 7.16. The van der Waals surface area contributed by atoms with Gasteiger partial charge in [0.1, 0.15) is 11.4 Å². The van der Waals surface area contributed by atoms with Crippen LogP contribution in [0.3, 0.4) is 0 Å². The van der Waals surface area contributed by atoms with Crippen molar-refractivity contribution in [3.8, 4) is 23.8 Å². The zero-order valence-electron chi connectivity index (χ0n) is 15.2. The van der Waals surface area contributed by atoms with Crippen molar-refractivity contribution in [3.05, 3.63) is 30.4 Å². The second-order valence-corrected chi connectivity index (χ2v) is 6.77. The van der Waals surface area contributed by atoms with Crippen LogP contribution in [0.5, 0.6) is 0 Å². The van der Waals surface area contributed by atoms with E-state index in [1.54, 1.807) is 12.4 Å². The molecule has 0 bridgehead atoms. The summed E-state index contributed by atoms with van der Waals surface area (Å²) >= 11 is 0. The topological polar surface area (TPSA) is 87.1 Å². The van der Waals surface area contributed by atoms with E-state index in [-0.39, 0.29) is 18.4 Å². The number of carbonyl (C=O) groups excluding carboxylic acids is 1. The zero-order chi connectivity index (χ0) is 18.8. The molecule has 0 aliphatic carbocycles. The first-order valence-corrected chi connectivity index (χ1v) is 9.02. The number of piperidine rings is 1. The highest BCUT2D eigenvalue weighted by atomic mass is 16.4. The average molecular weight is 363 g/mol. The number of rotatable bonds is 4. The van der Waals surface area contributed by atoms with E-state index in [2.05, 4.69) is 26.2 Å². The summed E-state index contributed by atoms with van der Waals surface area (Å²) in [6.45, 7) is 3.24. The Balaban J connectivity index is 1.65. The second-order valence-electron chi connectivity index (χ2n) is 6.77. The van der Waals surface area contributed by atoms with Crippen molar-refractivity contribution in [2.45, 2.75) is 32.2 Å². The van der Waals surface area contributed by atoms with Crippen LogP contribution in [0, 0.1) is 19.3 Å². The fourth-order valence-corrected chi connectivity index (χ4v) is 3.53. The number of anilines is 1. The minimum absolute atomic E-state index is 0.00840. The maximum Gasteiger partial charge on any atom is 0.234 e. The molecule has 7 heteroatoms. The number of aryl methyl sites for hydroxylation is 1. The number of aromatic nitrogens is 3. The van der Waals surface area contributed by atoms with Crippen molar-refractivity contribution in [1.29, 1.82) is 0 Å². The lowest BCUT2D eigenvalue weighted by Gasteiger charge is -2.34. The van der Waals surface area contributed by atoms with E-state index in [9.17, 15) is 4.79 Å². The third-order valence-corrected chi connectivity index (χ3v) is 4.81. The maximum absolute atomic E-state index is 12.2. The Morgan fingerprint density at radius 1 is 1.48 bits per heavy atom. The number of nitrogens with one attached hydrogen (secondary N) is 2. The number of nitrogens with zero attached hydrogens (tertiary/aromatic N) is 3. The van der Waals surface area contributed by atoms with E-state index >= 15 is 0 Å². The normalized spacial score (nSPS) is 17.0. The van der Waals surface area contributed by atoms with Gasteiger partial charge in [-0.25, -0.2) is 9.97 Å². The molecule has 0 unspecified atom stereocenters. The molecule has 1 fully saturated rings. The third-order valence-electron chi connectivity index (χ3n) is 4.81. The highest BCUT2D eigenvalue weighted by molar-refractivity contribution is 5.97. The van der Waals surface area contributed by atoms with Gasteiger partial charge in [0.25, 0.3) is 0 Å². The van der Waals surface area contributed by atoms with Gasteiger partial charge in [0.05, 0.1) is 23.9 Å². The van der Waals surface area contributed by atoms with Crippen LogP contribution in [0.1, 0.15) is 25.0 Å². The molecule has 0 aromatic carbocycles. The molecule has 3 aromatic heterocycles. The Hall–Kier alpha value is -3.27. The van der Waals surface area contributed by atoms with Gasteiger partial charge in [-0.05, 0) is 25.8 Å². The van der Waals surface area contributed by atoms with E-state index in [0.29, 0.717) is 12.4 Å². The standard InChI is InChI=1S/C20H21N5O2/c1-3-5-17(26)25-9-4-6-14(12-25)24-18-15-7-8-21-19(15)22-11-16(18)20-23-10-13(2)27-20/h1,7-8,10-11,14H,4-6,9,12H2,2H3,(H2,21,22,24)/t14-/m1/s1. The molecule has 0 radical (unpaired) electrons. The van der Waals surface area contributed by atoms with Gasteiger partial charge in [0.15, 0.2) is 0 Å². The number of amides is 1. The highest BCUT2D eigenvalue weighted by Gasteiger charge is 2.25. The molecule has 1 aliphatic rings. The first-order valence-electron chi connectivity index (χ1n) is 9.02. The van der Waals surface area contributed by atoms with E-state index in [1.807, 2.05) is 24.1 Å². The largest absolute Gasteiger partial charge is 0.441 e. The summed E-state index contributed by atoms with van der Waals surface area (Å²) < 4.78 is 5.73. The van der Waals surface area contributed by atoms with Crippen LogP contribution < -0.4 is 5.32 Å². The van der Waals surface area contributed by atoms with Gasteiger partial charge < -0.3 is 19.6 Å². The van der Waals surface area contributed by atoms with E-state index in [1.165, 1.54) is 0 Å². The molecule has 1 aliphatic heterocycles. The Morgan fingerprint density at radius 3 is 3.15 bits per heavy atom. The van der Waals surface area contributed by atoms with Crippen molar-refractivity contribution in [1.82, 2.24) is 19.9 Å². The number of fused-ring (bicyclic) bond motifs is 1. The number of terminal acetylenes is 1. The summed E-state index contributed by atoms with van der Waals surface area (Å²) in [7, 11) is 0. The number of hydrogen-bond acceptors (Lipinski definition) is 5. The van der Waals surface area contributed by atoms with Crippen LogP contribution >= 0.6 is 0 Å². The molecule has 1 saturated heterocycles. The smallest absolute Gasteiger partial charge is 0.234 e. The van der Waals surface area contributed by atoms with Gasteiger partial charge in [-0.15, -0.1) is 6.42 Å². The van der Waals surface area contributed by atoms with Crippen LogP contribution in [0.25, 0.3) is 22.5 Å². The van der Waals surface area contributed by atoms with E-state index in [0.717, 1.165) is 47.4 Å². The van der Waals surface area contributed by atoms with Gasteiger partial charge >= 0.3 is 0 Å². The first-order chi connectivity index (χ1) is 13.2. The van der Waals surface area contributed by atoms with Crippen LogP contribution in [0.4, 0.5) is 5.69 Å². The Labute approximate surface area is 157 Å². The van der Waals surface area contributed by atoms with Crippen molar-refractivity contribution < 1.29 is 9.21 Å². The number of likely N-dealkylation sites (tertiary alicyclic amines) is 1. The zero-order valence-corrected chi connectivity index (χ0v) is 15.2. The molecule has 0 spiro atoms. The molecule has 1 amide bonds. The van der Waals surface area contributed by atoms with E-state index < -0.39 is 0 Å². The lowest BCUT2D eigenvalue weighted by atomic mass is 10.0. The van der Waals surface area contributed by atoms with Crippen molar-refractivity contribution in [2.75, 3.05) is 18.4 Å². The predicted molar refractivity (Wildman–Crippen MR) is 103 cm³/mol. The third kappa shape index (κ3) is 3.38. The predicted octanol–water partition coefficient (Wildman–Crippen LogP) is 2.95. The fourth-order valence-electron chi connectivity index (χ4n) is 3.53. The first kappa shape index (κ1) is 17.2. The Kier molecular flexibility index (Phi) is 4.55. The van der Waals surface area contributed by atoms with Gasteiger partial charge in [-0.3, -0.25) is 4.79 Å². The Morgan fingerprint density at radius 2 is 2.37 bits per heavy atom. The average Bonchev–Trinajstić information content (AvgIpc) is 3.31.